The van der Waals surface area contributed by atoms with Gasteiger partial charge in [-0.05, 0) is 13.0 Å². The number of hydrogen-bond donors (Lipinski definition) is 1. The van der Waals surface area contributed by atoms with Crippen LogP contribution in [0.3, 0.4) is 0 Å². The van der Waals surface area contributed by atoms with Crippen LogP contribution < -0.4 is 10.2 Å². The number of aryl methyl sites for hydroxylation is 1. The van der Waals surface area contributed by atoms with Crippen LogP contribution in [0.2, 0.25) is 5.02 Å². The van der Waals surface area contributed by atoms with Crippen molar-refractivity contribution >= 4 is 35.1 Å². The van der Waals surface area contributed by atoms with E-state index in [2.05, 4.69) is 42.2 Å². The zero-order chi connectivity index (χ0) is 28.8. The van der Waals surface area contributed by atoms with Gasteiger partial charge in [-0.2, -0.15) is 5.10 Å². The van der Waals surface area contributed by atoms with Gasteiger partial charge < -0.3 is 5.32 Å². The molecule has 6 rings (SSSR count). The minimum atomic E-state index is -3.00. The first-order valence-electron chi connectivity index (χ1n) is 12.3. The molecule has 1 aromatic carbocycles. The molecule has 1 fully saturated rings. The maximum atomic E-state index is 14.7. The molecule has 0 saturated carbocycles. The van der Waals surface area contributed by atoms with Crippen molar-refractivity contribution in [2.24, 2.45) is 11.8 Å². The zero-order valence-corrected chi connectivity index (χ0v) is 21.9. The molecule has 0 radical (unpaired) electrons. The molecule has 206 valence electrons. The summed E-state index contributed by atoms with van der Waals surface area (Å²) < 4.78 is 43.3. The van der Waals surface area contributed by atoms with Gasteiger partial charge >= 0.3 is 0 Å². The van der Waals surface area contributed by atoms with Crippen molar-refractivity contribution in [1.82, 2.24) is 29.7 Å². The number of halogens is 4. The highest BCUT2D eigenvalue weighted by molar-refractivity contribution is 6.31. The molecule has 10 nitrogen and oxygen atoms in total. The average Bonchev–Trinajstić information content (AvgIpc) is 3.46. The number of rotatable bonds is 7. The van der Waals surface area contributed by atoms with Gasteiger partial charge in [0.1, 0.15) is 11.6 Å². The average molecular weight is 579 g/mol. The van der Waals surface area contributed by atoms with Crippen LogP contribution in [0.4, 0.5) is 24.8 Å². The van der Waals surface area contributed by atoms with Crippen molar-refractivity contribution in [3.05, 3.63) is 76.5 Å². The summed E-state index contributed by atoms with van der Waals surface area (Å²) in [5.41, 5.74) is 0.0764. The van der Waals surface area contributed by atoms with Crippen LogP contribution in [0.25, 0.3) is 11.3 Å². The van der Waals surface area contributed by atoms with E-state index in [0.717, 1.165) is 30.1 Å². The van der Waals surface area contributed by atoms with E-state index in [9.17, 15) is 22.8 Å². The van der Waals surface area contributed by atoms with Crippen LogP contribution in [-0.4, -0.2) is 48.1 Å². The van der Waals surface area contributed by atoms with E-state index in [-0.39, 0.29) is 40.7 Å². The summed E-state index contributed by atoms with van der Waals surface area (Å²) in [6.45, 7) is 2.56. The largest absolute Gasteiger partial charge is 0.318 e. The van der Waals surface area contributed by atoms with Gasteiger partial charge in [0.25, 0.3) is 12.3 Å². The number of carbonyl (C=O) groups is 2. The normalized spacial score (nSPS) is 17.2. The number of anilines is 2. The smallest absolute Gasteiger partial charge is 0.275 e. The fourth-order valence-corrected chi connectivity index (χ4v) is 4.71. The first-order valence-corrected chi connectivity index (χ1v) is 12.6. The Balaban J connectivity index is 1.15. The summed E-state index contributed by atoms with van der Waals surface area (Å²) in [6.07, 6.45) is 3.79. The molecule has 0 spiro atoms. The number of benzene rings is 1. The monoisotopic (exact) mass is 578 g/mol. The van der Waals surface area contributed by atoms with Crippen LogP contribution in [-0.2, 0) is 11.3 Å². The third kappa shape index (κ3) is 4.87. The number of carbonyl (C=O) groups excluding carboxylic acids is 2. The van der Waals surface area contributed by atoms with Crippen molar-refractivity contribution in [3.63, 3.8) is 0 Å². The Bertz CT molecular complexity index is 1780. The highest BCUT2D eigenvalue weighted by Crippen LogP contribution is 2.35. The molecule has 2 aliphatic rings. The molecule has 1 aliphatic carbocycles. The molecule has 2 atom stereocenters. The maximum Gasteiger partial charge on any atom is 0.275 e. The van der Waals surface area contributed by atoms with Gasteiger partial charge in [-0.15, -0.1) is 0 Å². The van der Waals surface area contributed by atoms with E-state index >= 15 is 0 Å². The standard InChI is InChI=1S/C27H18ClF3N8O2/c1-13-15(6-33-27(35-13)39-11-14-2-3-17(14)26(39)41)10-38-12-16(7-34-38)36-25(40)21-9-32-8-20(37-21)22-18(24(30)31)4-5-19(28)23(22)29/h4-9,12,14,17,24H,10-11H2,1H3,(H,36,40)/t14-,17-/m1/s1. The quantitative estimate of drug-likeness (QED) is 0.328. The second-order valence-electron chi connectivity index (χ2n) is 9.40. The van der Waals surface area contributed by atoms with E-state index in [1.165, 1.54) is 11.1 Å². The van der Waals surface area contributed by atoms with E-state index in [1.54, 1.807) is 24.0 Å². The minimum absolute atomic E-state index is 0.0327. The van der Waals surface area contributed by atoms with Gasteiger partial charge in [-0.3, -0.25) is 24.2 Å². The first kappa shape index (κ1) is 26.4. The molecule has 1 aliphatic heterocycles. The Morgan fingerprint density at radius 2 is 2.02 bits per heavy atom. The highest BCUT2D eigenvalue weighted by Gasteiger charge is 2.44. The molecule has 2 amide bonds. The van der Waals surface area contributed by atoms with Crippen LogP contribution >= 0.6 is 11.6 Å². The van der Waals surface area contributed by atoms with Crippen molar-refractivity contribution in [2.45, 2.75) is 19.9 Å². The molecular weight excluding hydrogens is 561 g/mol. The summed E-state index contributed by atoms with van der Waals surface area (Å²) >= 11 is 5.79. The van der Waals surface area contributed by atoms with Crippen molar-refractivity contribution in [1.29, 1.82) is 0 Å². The van der Waals surface area contributed by atoms with Crippen LogP contribution in [0.1, 0.15) is 33.7 Å². The fourth-order valence-electron chi connectivity index (χ4n) is 4.56. The Labute approximate surface area is 235 Å². The van der Waals surface area contributed by atoms with Gasteiger partial charge in [0.05, 0.1) is 47.5 Å². The predicted octanol–water partition coefficient (Wildman–Crippen LogP) is 4.07. The lowest BCUT2D eigenvalue weighted by atomic mass is 9.89. The predicted molar refractivity (Wildman–Crippen MR) is 141 cm³/mol. The summed E-state index contributed by atoms with van der Waals surface area (Å²) in [4.78, 5) is 43.6. The summed E-state index contributed by atoms with van der Waals surface area (Å²) in [7, 11) is 0. The molecule has 4 aromatic rings. The number of nitrogens with zero attached hydrogens (tertiary/aromatic N) is 7. The minimum Gasteiger partial charge on any atom is -0.318 e. The number of nitrogens with one attached hydrogen (secondary N) is 1. The third-order valence-corrected chi connectivity index (χ3v) is 7.05. The van der Waals surface area contributed by atoms with Gasteiger partial charge in [0, 0.05) is 41.3 Å². The second kappa shape index (κ2) is 10.3. The topological polar surface area (TPSA) is 119 Å². The summed E-state index contributed by atoms with van der Waals surface area (Å²) in [5.74, 6) is 4.06. The third-order valence-electron chi connectivity index (χ3n) is 6.76. The first-order chi connectivity index (χ1) is 19.7. The van der Waals surface area contributed by atoms with Crippen LogP contribution in [0.5, 0.6) is 0 Å². The van der Waals surface area contributed by atoms with Gasteiger partial charge in [-0.1, -0.05) is 29.5 Å². The van der Waals surface area contributed by atoms with E-state index < -0.39 is 29.3 Å². The molecule has 0 unspecified atom stereocenters. The van der Waals surface area contributed by atoms with E-state index in [0.29, 0.717) is 23.9 Å². The molecule has 1 N–H and O–H groups in total. The molecule has 41 heavy (non-hydrogen) atoms. The summed E-state index contributed by atoms with van der Waals surface area (Å²) in [6, 6.07) is 2.03. The van der Waals surface area contributed by atoms with Crippen molar-refractivity contribution < 1.29 is 22.8 Å². The Hall–Kier alpha value is -4.83. The maximum absolute atomic E-state index is 14.7. The fraction of sp³-hybridized carbons (Fsp3) is 0.222. The molecule has 0 bridgehead atoms. The van der Waals surface area contributed by atoms with Crippen LogP contribution in [0, 0.1) is 36.4 Å². The molecule has 4 heterocycles. The van der Waals surface area contributed by atoms with Gasteiger partial charge in [-0.25, -0.2) is 28.1 Å². The Morgan fingerprint density at radius 1 is 1.20 bits per heavy atom. The van der Waals surface area contributed by atoms with E-state index in [1.807, 2.05) is 0 Å². The lowest BCUT2D eigenvalue weighted by molar-refractivity contribution is -0.119. The SMILES string of the molecule is Cc1nc(N2C[C@H]3C#C[C@H]3C2=O)ncc1Cn1cc(NC(=O)c2cncc(-c3c(C(F)F)ccc(Cl)c3F)n2)cn1. The highest BCUT2D eigenvalue weighted by atomic mass is 35.5. The zero-order valence-electron chi connectivity index (χ0n) is 21.1. The summed E-state index contributed by atoms with van der Waals surface area (Å²) in [5, 5.41) is 6.48. The molecule has 14 heteroatoms. The van der Waals surface area contributed by atoms with Crippen LogP contribution in [0.15, 0.2) is 43.1 Å². The number of alkyl halides is 2. The molecular formula is C27H18ClF3N8O2. The lowest BCUT2D eigenvalue weighted by Crippen LogP contribution is -2.28. The number of aromatic nitrogens is 6. The molecule has 1 saturated heterocycles. The van der Waals surface area contributed by atoms with Gasteiger partial charge in [0.2, 0.25) is 11.9 Å². The Kier molecular flexibility index (Phi) is 6.63. The van der Waals surface area contributed by atoms with E-state index in [4.69, 9.17) is 11.6 Å². The van der Waals surface area contributed by atoms with Crippen molar-refractivity contribution in [3.8, 4) is 23.1 Å². The van der Waals surface area contributed by atoms with Gasteiger partial charge in [0.15, 0.2) is 5.82 Å². The number of hydrogen-bond acceptors (Lipinski definition) is 7. The lowest BCUT2D eigenvalue weighted by Gasteiger charge is -2.15. The second-order valence-corrected chi connectivity index (χ2v) is 9.81. The number of fused-ring (bicyclic) bond motifs is 1. The molecule has 3 aromatic heterocycles. The van der Waals surface area contributed by atoms with Crippen molar-refractivity contribution in [2.75, 3.05) is 16.8 Å². The Morgan fingerprint density at radius 3 is 2.71 bits per heavy atom. The number of amides is 2.